The lowest BCUT2D eigenvalue weighted by molar-refractivity contribution is 0.262. The van der Waals surface area contributed by atoms with Gasteiger partial charge in [0.25, 0.3) is 0 Å². The number of benzene rings is 2. The Balaban J connectivity index is 1.53. The smallest absolute Gasteiger partial charge is 0.323 e. The topological polar surface area (TPSA) is 84.5 Å². The number of urea groups is 1. The minimum Gasteiger partial charge on any atom is -0.382 e. The molecule has 0 saturated heterocycles. The zero-order valence-corrected chi connectivity index (χ0v) is 15.7. The number of imidazole rings is 1. The molecule has 0 aliphatic rings. The number of amides is 2. The van der Waals surface area contributed by atoms with Gasteiger partial charge in [0.1, 0.15) is 5.82 Å². The van der Waals surface area contributed by atoms with Gasteiger partial charge >= 0.3 is 6.03 Å². The summed E-state index contributed by atoms with van der Waals surface area (Å²) < 4.78 is 1.98. The molecule has 2 aromatic carbocycles. The van der Waals surface area contributed by atoms with Crippen LogP contribution in [0.4, 0.5) is 22.0 Å². The van der Waals surface area contributed by atoms with Gasteiger partial charge in [-0.1, -0.05) is 35.9 Å². The molecular weight excluding hydrogens is 350 g/mol. The van der Waals surface area contributed by atoms with Gasteiger partial charge in [-0.2, -0.15) is 0 Å². The maximum Gasteiger partial charge on any atom is 0.323 e. The van der Waals surface area contributed by atoms with Crippen molar-refractivity contribution in [2.45, 2.75) is 13.8 Å². The summed E-state index contributed by atoms with van der Waals surface area (Å²) in [6.45, 7) is 3.93. The second-order valence-corrected chi connectivity index (χ2v) is 6.71. The highest BCUT2D eigenvalue weighted by Gasteiger charge is 2.11. The minimum absolute atomic E-state index is 0.283. The summed E-state index contributed by atoms with van der Waals surface area (Å²) >= 11 is 0. The van der Waals surface area contributed by atoms with Crippen LogP contribution in [0.3, 0.4) is 0 Å². The van der Waals surface area contributed by atoms with Crippen molar-refractivity contribution in [1.82, 2.24) is 9.38 Å². The third kappa shape index (κ3) is 3.40. The second-order valence-electron chi connectivity index (χ2n) is 6.71. The third-order valence-electron chi connectivity index (χ3n) is 4.63. The van der Waals surface area contributed by atoms with Gasteiger partial charge in [0.15, 0.2) is 5.82 Å². The minimum atomic E-state index is -0.283. The van der Waals surface area contributed by atoms with Crippen LogP contribution in [-0.4, -0.2) is 15.4 Å². The number of nitrogens with two attached hydrogens (primary N) is 1. The second kappa shape index (κ2) is 7.08. The predicted molar refractivity (Wildman–Crippen MR) is 114 cm³/mol. The van der Waals surface area contributed by atoms with Gasteiger partial charge in [0.05, 0.1) is 5.52 Å². The fourth-order valence-corrected chi connectivity index (χ4v) is 3.22. The molecule has 2 heterocycles. The van der Waals surface area contributed by atoms with Crippen LogP contribution in [0, 0.1) is 13.8 Å². The Kier molecular flexibility index (Phi) is 4.45. The average molecular weight is 371 g/mol. The number of pyridine rings is 1. The average Bonchev–Trinajstić information content (AvgIpc) is 2.98. The van der Waals surface area contributed by atoms with E-state index in [0.717, 1.165) is 33.7 Å². The molecule has 0 aliphatic carbocycles. The van der Waals surface area contributed by atoms with Crippen LogP contribution < -0.4 is 16.4 Å². The SMILES string of the molecule is Cc1ccc(NC(=O)Nc2ccc(-c3cccn4c(C)nc(N)c34)cc2)cc1. The zero-order chi connectivity index (χ0) is 19.7. The molecule has 2 amide bonds. The molecule has 0 fully saturated rings. The van der Waals surface area contributed by atoms with E-state index in [1.54, 1.807) is 0 Å². The van der Waals surface area contributed by atoms with Crippen molar-refractivity contribution in [3.8, 4) is 11.1 Å². The van der Waals surface area contributed by atoms with Crippen molar-refractivity contribution < 1.29 is 4.79 Å². The molecule has 0 unspecified atom stereocenters. The van der Waals surface area contributed by atoms with Crippen LogP contribution in [0.25, 0.3) is 16.6 Å². The van der Waals surface area contributed by atoms with Crippen LogP contribution in [-0.2, 0) is 0 Å². The molecule has 0 aliphatic heterocycles. The molecule has 6 heteroatoms. The van der Waals surface area contributed by atoms with E-state index in [2.05, 4.69) is 15.6 Å². The van der Waals surface area contributed by atoms with Gasteiger partial charge in [-0.3, -0.25) is 0 Å². The van der Waals surface area contributed by atoms with Crippen LogP contribution in [0.2, 0.25) is 0 Å². The first-order chi connectivity index (χ1) is 13.5. The van der Waals surface area contributed by atoms with Crippen molar-refractivity contribution in [3.05, 3.63) is 78.2 Å². The van der Waals surface area contributed by atoms with E-state index in [1.165, 1.54) is 0 Å². The molecule has 0 radical (unpaired) electrons. The molecule has 0 atom stereocenters. The van der Waals surface area contributed by atoms with E-state index < -0.39 is 0 Å². The van der Waals surface area contributed by atoms with Crippen molar-refractivity contribution >= 4 is 28.7 Å². The number of fused-ring (bicyclic) bond motifs is 1. The van der Waals surface area contributed by atoms with Crippen molar-refractivity contribution in [1.29, 1.82) is 0 Å². The monoisotopic (exact) mass is 371 g/mol. The molecule has 4 rings (SSSR count). The van der Waals surface area contributed by atoms with Gasteiger partial charge in [0.2, 0.25) is 0 Å². The van der Waals surface area contributed by atoms with Crippen molar-refractivity contribution in [2.24, 2.45) is 0 Å². The Morgan fingerprint density at radius 3 is 2.18 bits per heavy atom. The van der Waals surface area contributed by atoms with E-state index in [9.17, 15) is 4.79 Å². The molecule has 0 saturated carbocycles. The Bertz CT molecular complexity index is 1140. The van der Waals surface area contributed by atoms with Crippen molar-refractivity contribution in [3.63, 3.8) is 0 Å². The summed E-state index contributed by atoms with van der Waals surface area (Å²) in [5, 5.41) is 5.66. The third-order valence-corrected chi connectivity index (χ3v) is 4.63. The molecule has 140 valence electrons. The fraction of sp³-hybridized carbons (Fsp3) is 0.0909. The van der Waals surface area contributed by atoms with E-state index in [1.807, 2.05) is 85.1 Å². The highest BCUT2D eigenvalue weighted by Crippen LogP contribution is 2.29. The number of carbonyl (C=O) groups excluding carboxylic acids is 1. The first-order valence-electron chi connectivity index (χ1n) is 8.99. The number of carbonyl (C=O) groups is 1. The lowest BCUT2D eigenvalue weighted by Gasteiger charge is -2.10. The Hall–Kier alpha value is -3.80. The molecule has 6 nitrogen and oxygen atoms in total. The highest BCUT2D eigenvalue weighted by atomic mass is 16.2. The molecule has 0 bridgehead atoms. The van der Waals surface area contributed by atoms with Gasteiger partial charge in [0, 0.05) is 23.1 Å². The van der Waals surface area contributed by atoms with Crippen LogP contribution >= 0.6 is 0 Å². The standard InChI is InChI=1S/C22H21N5O/c1-14-5-9-17(10-6-14)25-22(28)26-18-11-7-16(8-12-18)19-4-3-13-27-15(2)24-21(23)20(19)27/h3-13H,23H2,1-2H3,(H2,25,26,28). The number of nitrogens with one attached hydrogen (secondary N) is 2. The maximum atomic E-state index is 12.2. The summed E-state index contributed by atoms with van der Waals surface area (Å²) in [6.07, 6.45) is 1.95. The number of rotatable bonds is 3. The number of nitrogen functional groups attached to an aromatic ring is 1. The lowest BCUT2D eigenvalue weighted by atomic mass is 10.1. The van der Waals surface area contributed by atoms with E-state index in [0.29, 0.717) is 11.5 Å². The first-order valence-corrected chi connectivity index (χ1v) is 8.99. The number of hydrogen-bond acceptors (Lipinski definition) is 3. The molecule has 2 aromatic heterocycles. The maximum absolute atomic E-state index is 12.2. The van der Waals surface area contributed by atoms with Gasteiger partial charge in [-0.05, 0) is 49.7 Å². The molecule has 28 heavy (non-hydrogen) atoms. The summed E-state index contributed by atoms with van der Waals surface area (Å²) in [5.41, 5.74) is 11.6. The lowest BCUT2D eigenvalue weighted by Crippen LogP contribution is -2.19. The number of aryl methyl sites for hydroxylation is 2. The fourth-order valence-electron chi connectivity index (χ4n) is 3.22. The predicted octanol–water partition coefficient (Wildman–Crippen LogP) is 4.84. The quantitative estimate of drug-likeness (QED) is 0.481. The molecule has 0 spiro atoms. The van der Waals surface area contributed by atoms with Gasteiger partial charge < -0.3 is 20.8 Å². The van der Waals surface area contributed by atoms with Gasteiger partial charge in [-0.25, -0.2) is 9.78 Å². The molecule has 4 aromatic rings. The summed E-state index contributed by atoms with van der Waals surface area (Å²) in [7, 11) is 0. The molecule has 4 N–H and O–H groups in total. The van der Waals surface area contributed by atoms with Crippen LogP contribution in [0.15, 0.2) is 66.9 Å². The normalized spacial score (nSPS) is 10.8. The summed E-state index contributed by atoms with van der Waals surface area (Å²) in [5.74, 6) is 1.35. The summed E-state index contributed by atoms with van der Waals surface area (Å²) in [4.78, 5) is 16.5. The van der Waals surface area contributed by atoms with E-state index in [4.69, 9.17) is 5.73 Å². The largest absolute Gasteiger partial charge is 0.382 e. The molecular formula is C22H21N5O. The Labute approximate surface area is 163 Å². The Morgan fingerprint density at radius 1 is 0.929 bits per heavy atom. The highest BCUT2D eigenvalue weighted by molar-refractivity contribution is 6.00. The summed E-state index contributed by atoms with van der Waals surface area (Å²) in [6, 6.07) is 19.0. The Morgan fingerprint density at radius 2 is 1.54 bits per heavy atom. The van der Waals surface area contributed by atoms with Gasteiger partial charge in [-0.15, -0.1) is 0 Å². The number of anilines is 3. The van der Waals surface area contributed by atoms with Crippen LogP contribution in [0.1, 0.15) is 11.4 Å². The van der Waals surface area contributed by atoms with Crippen molar-refractivity contribution in [2.75, 3.05) is 16.4 Å². The number of hydrogen-bond donors (Lipinski definition) is 3. The number of nitrogens with zero attached hydrogens (tertiary/aromatic N) is 2. The van der Waals surface area contributed by atoms with Crippen LogP contribution in [0.5, 0.6) is 0 Å². The number of aromatic nitrogens is 2. The first kappa shape index (κ1) is 17.6. The van der Waals surface area contributed by atoms with E-state index >= 15 is 0 Å². The zero-order valence-electron chi connectivity index (χ0n) is 15.7. The van der Waals surface area contributed by atoms with E-state index in [-0.39, 0.29) is 6.03 Å².